The van der Waals surface area contributed by atoms with Gasteiger partial charge in [0.25, 0.3) is 0 Å². The highest BCUT2D eigenvalue weighted by molar-refractivity contribution is 7.88. The van der Waals surface area contributed by atoms with Crippen LogP contribution in [-0.4, -0.2) is 55.2 Å². The minimum Gasteiger partial charge on any atom is -0.508 e. The highest BCUT2D eigenvalue weighted by atomic mass is 32.2. The number of aromatic hydroxyl groups is 1. The molecule has 27 heavy (non-hydrogen) atoms. The molecule has 0 radical (unpaired) electrons. The van der Waals surface area contributed by atoms with E-state index in [1.54, 1.807) is 16.4 Å². The van der Waals surface area contributed by atoms with Crippen molar-refractivity contribution in [1.29, 1.82) is 0 Å². The Bertz CT molecular complexity index is 883. The van der Waals surface area contributed by atoms with Crippen molar-refractivity contribution in [2.24, 2.45) is 11.8 Å². The third kappa shape index (κ3) is 3.88. The van der Waals surface area contributed by atoms with Gasteiger partial charge in [-0.15, -0.1) is 0 Å². The zero-order chi connectivity index (χ0) is 19.0. The first-order chi connectivity index (χ1) is 12.9. The van der Waals surface area contributed by atoms with E-state index in [1.807, 2.05) is 42.5 Å². The van der Waals surface area contributed by atoms with Gasteiger partial charge in [0.15, 0.2) is 0 Å². The summed E-state index contributed by atoms with van der Waals surface area (Å²) in [5.41, 5.74) is 2.30. The summed E-state index contributed by atoms with van der Waals surface area (Å²) in [7, 11) is -3.23. The number of fused-ring (bicyclic) bond motifs is 1. The van der Waals surface area contributed by atoms with Crippen molar-refractivity contribution in [3.05, 3.63) is 65.7 Å². The van der Waals surface area contributed by atoms with E-state index in [1.165, 1.54) is 11.8 Å². The van der Waals surface area contributed by atoms with Crippen LogP contribution >= 0.6 is 0 Å². The number of nitrogens with zero attached hydrogens (tertiary/aromatic N) is 2. The van der Waals surface area contributed by atoms with E-state index in [2.05, 4.69) is 4.90 Å². The topological polar surface area (TPSA) is 60.9 Å². The molecular formula is C21H26N2O3S. The normalized spacial score (nSPS) is 26.3. The molecule has 6 heteroatoms. The van der Waals surface area contributed by atoms with Crippen LogP contribution in [-0.2, 0) is 16.4 Å². The first kappa shape index (κ1) is 18.5. The van der Waals surface area contributed by atoms with Gasteiger partial charge in [-0.2, -0.15) is 4.31 Å². The first-order valence-corrected chi connectivity index (χ1v) is 11.3. The number of rotatable bonds is 5. The maximum atomic E-state index is 12.4. The minimum absolute atomic E-state index is 0.0649. The summed E-state index contributed by atoms with van der Waals surface area (Å²) in [5, 5.41) is 9.41. The Balaban J connectivity index is 1.48. The molecule has 5 nitrogen and oxygen atoms in total. The van der Waals surface area contributed by atoms with Crippen LogP contribution < -0.4 is 0 Å². The zero-order valence-corrected chi connectivity index (χ0v) is 16.3. The highest BCUT2D eigenvalue weighted by Gasteiger charge is 2.50. The van der Waals surface area contributed by atoms with Crippen LogP contribution in [0.15, 0.2) is 54.6 Å². The molecule has 3 atom stereocenters. The van der Waals surface area contributed by atoms with Gasteiger partial charge in [0, 0.05) is 26.2 Å². The second-order valence-corrected chi connectivity index (χ2v) is 9.72. The molecule has 0 spiro atoms. The molecule has 0 saturated carbocycles. The van der Waals surface area contributed by atoms with Crippen LogP contribution in [0.4, 0.5) is 0 Å². The monoisotopic (exact) mass is 386 g/mol. The van der Waals surface area contributed by atoms with Gasteiger partial charge in [-0.1, -0.05) is 42.5 Å². The number of hydrogen-bond donors (Lipinski definition) is 1. The molecule has 4 rings (SSSR count). The summed E-state index contributed by atoms with van der Waals surface area (Å²) in [6, 6.07) is 17.3. The average Bonchev–Trinajstić information content (AvgIpc) is 3.19. The fourth-order valence-corrected chi connectivity index (χ4v) is 5.79. The van der Waals surface area contributed by atoms with Crippen LogP contribution in [0, 0.1) is 11.8 Å². The van der Waals surface area contributed by atoms with Gasteiger partial charge in [0.2, 0.25) is 10.0 Å². The Labute approximate surface area is 161 Å². The molecule has 2 aromatic carbocycles. The largest absolute Gasteiger partial charge is 0.508 e. The Kier molecular flexibility index (Phi) is 4.97. The lowest BCUT2D eigenvalue weighted by atomic mass is 9.90. The molecule has 2 saturated heterocycles. The summed E-state index contributed by atoms with van der Waals surface area (Å²) < 4.78 is 26.4. The summed E-state index contributed by atoms with van der Waals surface area (Å²) in [6.07, 6.45) is 2.26. The predicted molar refractivity (Wildman–Crippen MR) is 106 cm³/mol. The number of hydrogen-bond acceptors (Lipinski definition) is 4. The minimum atomic E-state index is -3.23. The molecule has 1 N–H and O–H groups in total. The van der Waals surface area contributed by atoms with E-state index in [4.69, 9.17) is 0 Å². The molecule has 2 aliphatic heterocycles. The molecule has 2 aromatic rings. The fourth-order valence-electron chi connectivity index (χ4n) is 4.64. The summed E-state index contributed by atoms with van der Waals surface area (Å²) >= 11 is 0. The van der Waals surface area contributed by atoms with Crippen molar-refractivity contribution < 1.29 is 13.5 Å². The molecule has 0 aromatic heterocycles. The molecule has 2 fully saturated rings. The Hall–Kier alpha value is -1.89. The molecule has 0 bridgehead atoms. The van der Waals surface area contributed by atoms with Gasteiger partial charge in [0.1, 0.15) is 5.75 Å². The highest BCUT2D eigenvalue weighted by Crippen LogP contribution is 2.46. The van der Waals surface area contributed by atoms with Crippen molar-refractivity contribution in [3.63, 3.8) is 0 Å². The summed E-state index contributed by atoms with van der Waals surface area (Å²) in [5.74, 6) is 1.01. The Morgan fingerprint density at radius 1 is 1.00 bits per heavy atom. The third-order valence-corrected chi connectivity index (χ3v) is 7.15. The lowest BCUT2D eigenvalue weighted by Gasteiger charge is -2.28. The van der Waals surface area contributed by atoms with E-state index in [0.717, 1.165) is 31.6 Å². The van der Waals surface area contributed by atoms with E-state index < -0.39 is 10.0 Å². The van der Waals surface area contributed by atoms with Gasteiger partial charge in [0.05, 0.1) is 12.3 Å². The third-order valence-electron chi connectivity index (χ3n) is 5.92. The maximum absolute atomic E-state index is 12.4. The van der Waals surface area contributed by atoms with Gasteiger partial charge >= 0.3 is 0 Å². The quantitative estimate of drug-likeness (QED) is 0.858. The van der Waals surface area contributed by atoms with E-state index >= 15 is 0 Å². The Morgan fingerprint density at radius 3 is 2.37 bits per heavy atom. The number of phenolic OH excluding ortho intramolecular Hbond substituents is 1. The summed E-state index contributed by atoms with van der Waals surface area (Å²) in [4.78, 5) is 2.46. The van der Waals surface area contributed by atoms with E-state index in [9.17, 15) is 13.5 Å². The van der Waals surface area contributed by atoms with Gasteiger partial charge in [-0.25, -0.2) is 8.42 Å². The van der Waals surface area contributed by atoms with Crippen molar-refractivity contribution in [2.45, 2.75) is 12.5 Å². The number of benzene rings is 2. The molecular weight excluding hydrogens is 360 g/mol. The van der Waals surface area contributed by atoms with Crippen molar-refractivity contribution in [2.75, 3.05) is 32.4 Å². The molecule has 0 aliphatic carbocycles. The van der Waals surface area contributed by atoms with Crippen LogP contribution in [0.5, 0.6) is 5.75 Å². The number of phenols is 1. The summed E-state index contributed by atoms with van der Waals surface area (Å²) in [6.45, 7) is 3.43. The SMILES string of the molecule is CS(=O)(=O)N1C[C@H]2CN(CCc3ccc(O)cc3)C[C@H]2[C@@H]1c1ccccc1. The standard InChI is InChI=1S/C21H26N2O3S/c1-27(25,26)23-14-18-13-22(12-11-16-7-9-19(24)10-8-16)15-20(18)21(23)17-5-3-2-4-6-17/h2-10,18,20-21,24H,11-15H2,1H3/t18-,20-,21+/m1/s1. The molecule has 144 valence electrons. The zero-order valence-electron chi connectivity index (χ0n) is 15.5. The lowest BCUT2D eigenvalue weighted by Crippen LogP contribution is -2.35. The van der Waals surface area contributed by atoms with Crippen molar-refractivity contribution >= 4 is 10.0 Å². The van der Waals surface area contributed by atoms with Crippen LogP contribution in [0.25, 0.3) is 0 Å². The number of likely N-dealkylation sites (tertiary alicyclic amines) is 1. The predicted octanol–water partition coefficient (Wildman–Crippen LogP) is 2.50. The smallest absolute Gasteiger partial charge is 0.211 e. The van der Waals surface area contributed by atoms with Crippen molar-refractivity contribution in [1.82, 2.24) is 9.21 Å². The number of sulfonamides is 1. The lowest BCUT2D eigenvalue weighted by molar-refractivity contribution is 0.268. The average molecular weight is 387 g/mol. The second-order valence-electron chi connectivity index (χ2n) is 7.79. The van der Waals surface area contributed by atoms with E-state index in [0.29, 0.717) is 24.1 Å². The van der Waals surface area contributed by atoms with Crippen molar-refractivity contribution in [3.8, 4) is 5.75 Å². The maximum Gasteiger partial charge on any atom is 0.211 e. The first-order valence-electron chi connectivity index (χ1n) is 9.44. The van der Waals surface area contributed by atoms with Gasteiger partial charge in [-0.3, -0.25) is 0 Å². The van der Waals surface area contributed by atoms with Gasteiger partial charge in [-0.05, 0) is 41.5 Å². The van der Waals surface area contributed by atoms with Crippen LogP contribution in [0.1, 0.15) is 17.2 Å². The van der Waals surface area contributed by atoms with E-state index in [-0.39, 0.29) is 6.04 Å². The Morgan fingerprint density at radius 2 is 1.70 bits per heavy atom. The molecule has 0 amide bonds. The molecule has 2 heterocycles. The van der Waals surface area contributed by atoms with Crippen LogP contribution in [0.2, 0.25) is 0 Å². The fraction of sp³-hybridized carbons (Fsp3) is 0.429. The molecule has 2 aliphatic rings. The van der Waals surface area contributed by atoms with Crippen LogP contribution in [0.3, 0.4) is 0 Å². The molecule has 0 unspecified atom stereocenters. The van der Waals surface area contributed by atoms with Gasteiger partial charge < -0.3 is 10.0 Å². The second kappa shape index (κ2) is 7.26.